The molecule has 2 N–H and O–H groups in total. The van der Waals surface area contributed by atoms with Crippen LogP contribution in [-0.4, -0.2) is 6.54 Å². The largest absolute Gasteiger partial charge is 0.330 e. The van der Waals surface area contributed by atoms with Gasteiger partial charge in [0.05, 0.1) is 0 Å². The van der Waals surface area contributed by atoms with Gasteiger partial charge in [-0.05, 0) is 30.4 Å². The van der Waals surface area contributed by atoms with Crippen molar-refractivity contribution in [3.63, 3.8) is 0 Å². The summed E-state index contributed by atoms with van der Waals surface area (Å²) >= 11 is 0. The molecule has 15 heavy (non-hydrogen) atoms. The zero-order valence-electron chi connectivity index (χ0n) is 10.8. The molecule has 0 aliphatic carbocycles. The van der Waals surface area contributed by atoms with Gasteiger partial charge in [-0.2, -0.15) is 0 Å². The molecule has 0 bridgehead atoms. The second-order valence-electron chi connectivity index (χ2n) is 4.06. The van der Waals surface area contributed by atoms with E-state index in [1.807, 2.05) is 26.0 Å². The fourth-order valence-corrected chi connectivity index (χ4v) is 1.38. The van der Waals surface area contributed by atoms with E-state index in [4.69, 9.17) is 5.73 Å². The van der Waals surface area contributed by atoms with E-state index in [9.17, 15) is 0 Å². The summed E-state index contributed by atoms with van der Waals surface area (Å²) < 4.78 is 0. The number of hydrogen-bond acceptors (Lipinski definition) is 1. The molecule has 0 rings (SSSR count). The Bertz CT molecular complexity index is 199. The van der Waals surface area contributed by atoms with E-state index in [0.717, 1.165) is 19.4 Å². The molecule has 0 aromatic heterocycles. The van der Waals surface area contributed by atoms with Crippen molar-refractivity contribution in [1.29, 1.82) is 0 Å². The Hall–Kier alpha value is -0.820. The van der Waals surface area contributed by atoms with E-state index in [-0.39, 0.29) is 5.41 Å². The summed E-state index contributed by atoms with van der Waals surface area (Å²) in [5.41, 5.74) is 7.03. The lowest BCUT2D eigenvalue weighted by atomic mass is 9.82. The van der Waals surface area contributed by atoms with Crippen LogP contribution in [0.2, 0.25) is 0 Å². The van der Waals surface area contributed by atoms with Crippen molar-refractivity contribution < 1.29 is 0 Å². The molecule has 0 amide bonds. The molecule has 1 nitrogen and oxygen atoms in total. The first-order valence-electron chi connectivity index (χ1n) is 5.70. The van der Waals surface area contributed by atoms with Gasteiger partial charge in [-0.25, -0.2) is 0 Å². The van der Waals surface area contributed by atoms with E-state index in [2.05, 4.69) is 27.0 Å². The van der Waals surface area contributed by atoms with E-state index in [0.29, 0.717) is 0 Å². The number of allylic oxidation sites excluding steroid dienone is 4. The van der Waals surface area contributed by atoms with Crippen LogP contribution in [0.25, 0.3) is 0 Å². The van der Waals surface area contributed by atoms with Crippen molar-refractivity contribution in [2.24, 2.45) is 11.1 Å². The summed E-state index contributed by atoms with van der Waals surface area (Å²) in [7, 11) is 0. The highest BCUT2D eigenvalue weighted by atomic mass is 14.5. The maximum Gasteiger partial charge on any atom is -0.00721 e. The summed E-state index contributed by atoms with van der Waals surface area (Å²) in [5.74, 6) is 0. The molecule has 0 aromatic rings. The monoisotopic (exact) mass is 209 g/mol. The van der Waals surface area contributed by atoms with Gasteiger partial charge < -0.3 is 5.73 Å². The highest BCUT2D eigenvalue weighted by Gasteiger charge is 2.17. The summed E-state index contributed by atoms with van der Waals surface area (Å²) in [6.07, 6.45) is 7.75. The molecule has 0 aliphatic rings. The van der Waals surface area contributed by atoms with E-state index in [1.54, 1.807) is 6.08 Å². The minimum Gasteiger partial charge on any atom is -0.330 e. The highest BCUT2D eigenvalue weighted by molar-refractivity contribution is 5.22. The van der Waals surface area contributed by atoms with Crippen molar-refractivity contribution in [2.45, 2.75) is 40.5 Å². The van der Waals surface area contributed by atoms with Crippen LogP contribution in [0.1, 0.15) is 40.5 Å². The van der Waals surface area contributed by atoms with E-state index in [1.165, 1.54) is 5.57 Å². The van der Waals surface area contributed by atoms with Crippen LogP contribution in [-0.2, 0) is 0 Å². The summed E-state index contributed by atoms with van der Waals surface area (Å²) in [6.45, 7) is 16.6. The minimum absolute atomic E-state index is 0.262. The highest BCUT2D eigenvalue weighted by Crippen LogP contribution is 2.28. The predicted molar refractivity (Wildman–Crippen MR) is 71.9 cm³/mol. The van der Waals surface area contributed by atoms with Crippen LogP contribution in [0.5, 0.6) is 0 Å². The quantitative estimate of drug-likeness (QED) is 0.655. The fraction of sp³-hybridized carbons (Fsp3) is 0.571. The van der Waals surface area contributed by atoms with Crippen molar-refractivity contribution in [2.75, 3.05) is 6.54 Å². The Morgan fingerprint density at radius 2 is 1.80 bits per heavy atom. The Morgan fingerprint density at radius 1 is 1.27 bits per heavy atom. The lowest BCUT2D eigenvalue weighted by Crippen LogP contribution is -2.17. The molecular formula is C14H27N. The molecule has 0 unspecified atom stereocenters. The number of rotatable bonds is 6. The average molecular weight is 209 g/mol. The fourth-order valence-electron chi connectivity index (χ4n) is 1.38. The lowest BCUT2D eigenvalue weighted by Gasteiger charge is -2.24. The first-order chi connectivity index (χ1) is 7.05. The van der Waals surface area contributed by atoms with Crippen LogP contribution >= 0.6 is 0 Å². The number of nitrogens with two attached hydrogens (primary N) is 1. The molecule has 0 saturated heterocycles. The minimum atomic E-state index is 0.262. The molecular weight excluding hydrogens is 182 g/mol. The Balaban J connectivity index is 0. The van der Waals surface area contributed by atoms with Crippen LogP contribution < -0.4 is 5.73 Å². The number of hydrogen-bond donors (Lipinski definition) is 1. The van der Waals surface area contributed by atoms with Crippen LogP contribution in [0.4, 0.5) is 0 Å². The van der Waals surface area contributed by atoms with Gasteiger partial charge in [0.15, 0.2) is 0 Å². The first-order valence-corrected chi connectivity index (χ1v) is 5.70. The van der Waals surface area contributed by atoms with Gasteiger partial charge in [-0.3, -0.25) is 0 Å². The van der Waals surface area contributed by atoms with Crippen LogP contribution in [0, 0.1) is 5.41 Å². The second kappa shape index (κ2) is 9.72. The molecule has 1 heteroatoms. The van der Waals surface area contributed by atoms with Crippen LogP contribution in [0.3, 0.4) is 0 Å². The van der Waals surface area contributed by atoms with Gasteiger partial charge in [0, 0.05) is 0 Å². The average Bonchev–Trinajstić information content (AvgIpc) is 2.19. The molecule has 0 saturated carbocycles. The molecule has 0 aliphatic heterocycles. The van der Waals surface area contributed by atoms with Gasteiger partial charge in [0.25, 0.3) is 0 Å². The van der Waals surface area contributed by atoms with Gasteiger partial charge in [-0.1, -0.05) is 59.1 Å². The molecule has 0 spiro atoms. The molecule has 0 aromatic carbocycles. The van der Waals surface area contributed by atoms with Gasteiger partial charge in [0.2, 0.25) is 0 Å². The second-order valence-corrected chi connectivity index (χ2v) is 4.06. The smallest absolute Gasteiger partial charge is 0.00721 e. The first kappa shape index (κ1) is 16.6. The third-order valence-electron chi connectivity index (χ3n) is 2.10. The van der Waals surface area contributed by atoms with Crippen molar-refractivity contribution >= 4 is 0 Å². The molecule has 0 radical (unpaired) electrons. The van der Waals surface area contributed by atoms with E-state index < -0.39 is 0 Å². The van der Waals surface area contributed by atoms with Gasteiger partial charge in [-0.15, -0.1) is 0 Å². The van der Waals surface area contributed by atoms with Crippen LogP contribution in [0.15, 0.2) is 37.0 Å². The van der Waals surface area contributed by atoms with Gasteiger partial charge in [0.1, 0.15) is 0 Å². The third kappa shape index (κ3) is 9.48. The van der Waals surface area contributed by atoms with E-state index >= 15 is 0 Å². The SMILES string of the molecule is C=C/C=C(\C=C)CC(C)(C)CCN.CC. The standard InChI is InChI=1S/C12H21N.C2H6/c1-5-7-11(6-2)10-12(3,4)8-9-13;1-2/h5-7H,1-2,8-10,13H2,3-4H3;1-2H3/b11-7+;. The van der Waals surface area contributed by atoms with Crippen molar-refractivity contribution in [3.8, 4) is 0 Å². The third-order valence-corrected chi connectivity index (χ3v) is 2.10. The Morgan fingerprint density at radius 3 is 2.13 bits per heavy atom. The molecule has 0 heterocycles. The Labute approximate surface area is 95.8 Å². The zero-order valence-corrected chi connectivity index (χ0v) is 10.8. The summed E-state index contributed by atoms with van der Waals surface area (Å²) in [4.78, 5) is 0. The zero-order chi connectivity index (χ0) is 12.3. The normalized spacial score (nSPS) is 11.4. The van der Waals surface area contributed by atoms with Gasteiger partial charge >= 0.3 is 0 Å². The van der Waals surface area contributed by atoms with Crippen molar-refractivity contribution in [1.82, 2.24) is 0 Å². The summed E-state index contributed by atoms with van der Waals surface area (Å²) in [6, 6.07) is 0. The maximum atomic E-state index is 5.54. The molecule has 0 atom stereocenters. The summed E-state index contributed by atoms with van der Waals surface area (Å²) in [5, 5.41) is 0. The van der Waals surface area contributed by atoms with Crippen molar-refractivity contribution in [3.05, 3.63) is 37.0 Å². The molecule has 0 fully saturated rings. The Kier molecular flexibility index (Phi) is 10.8. The molecule has 88 valence electrons. The lowest BCUT2D eigenvalue weighted by molar-refractivity contribution is 0.340. The maximum absolute atomic E-state index is 5.54. The topological polar surface area (TPSA) is 26.0 Å². The predicted octanol–water partition coefficient (Wildman–Crippen LogP) is 4.08.